The number of carbonyl (C=O) groups excluding carboxylic acids is 2. The fraction of sp³-hybridized carbons (Fsp3) is 0.265. The van der Waals surface area contributed by atoms with Crippen molar-refractivity contribution in [2.45, 2.75) is 38.0 Å². The number of amides is 2. The van der Waals surface area contributed by atoms with Crippen LogP contribution in [0.2, 0.25) is 0 Å². The van der Waals surface area contributed by atoms with Crippen LogP contribution < -0.4 is 10.7 Å². The molecule has 3 atom stereocenters. The van der Waals surface area contributed by atoms with Gasteiger partial charge in [-0.05, 0) is 61.4 Å². The molecule has 2 aromatic heterocycles. The van der Waals surface area contributed by atoms with Crippen LogP contribution in [0.15, 0.2) is 92.8 Å². The zero-order chi connectivity index (χ0) is 33.9. The van der Waals surface area contributed by atoms with Crippen molar-refractivity contribution in [2.24, 2.45) is 13.0 Å². The van der Waals surface area contributed by atoms with Crippen molar-refractivity contribution in [3.63, 3.8) is 0 Å². The average Bonchev–Trinajstić information content (AvgIpc) is 3.63. The highest BCUT2D eigenvalue weighted by Gasteiger charge is 2.48. The minimum absolute atomic E-state index is 0.0836. The van der Waals surface area contributed by atoms with Gasteiger partial charge in [0.2, 0.25) is 5.91 Å². The quantitative estimate of drug-likeness (QED) is 0.209. The number of carbonyl (C=O) groups is 2. The van der Waals surface area contributed by atoms with Crippen molar-refractivity contribution >= 4 is 39.2 Å². The van der Waals surface area contributed by atoms with Gasteiger partial charge in [-0.15, -0.1) is 0 Å². The van der Waals surface area contributed by atoms with E-state index in [9.17, 15) is 27.6 Å². The molecule has 10 nitrogen and oxygen atoms in total. The van der Waals surface area contributed by atoms with E-state index in [2.05, 4.69) is 21.1 Å². The van der Waals surface area contributed by atoms with E-state index in [0.29, 0.717) is 29.3 Å². The molecule has 2 unspecified atom stereocenters. The van der Waals surface area contributed by atoms with Crippen molar-refractivity contribution in [1.82, 2.24) is 24.4 Å². The molecule has 1 fully saturated rings. The summed E-state index contributed by atoms with van der Waals surface area (Å²) in [4.78, 5) is 43.3. The van der Waals surface area contributed by atoms with E-state index in [4.69, 9.17) is 9.62 Å². The lowest BCUT2D eigenvalue weighted by molar-refractivity contribution is -0.138. The topological polar surface area (TPSA) is 106 Å². The molecule has 2 aliphatic heterocycles. The first-order valence-electron chi connectivity index (χ1n) is 15.2. The summed E-state index contributed by atoms with van der Waals surface area (Å²) in [5.41, 5.74) is 1.97. The Morgan fingerprint density at radius 3 is 2.44 bits per heavy atom. The highest BCUT2D eigenvalue weighted by molar-refractivity contribution is 9.10. The van der Waals surface area contributed by atoms with Crippen molar-refractivity contribution in [3.8, 4) is 11.4 Å². The van der Waals surface area contributed by atoms with Crippen LogP contribution in [-0.2, 0) is 24.4 Å². The van der Waals surface area contributed by atoms with Gasteiger partial charge in [-0.3, -0.25) is 23.6 Å². The summed E-state index contributed by atoms with van der Waals surface area (Å²) < 4.78 is 48.7. The largest absolute Gasteiger partial charge is 0.441 e. The molecule has 0 radical (unpaired) electrons. The Hall–Kier alpha value is -4.98. The predicted molar refractivity (Wildman–Crippen MR) is 173 cm³/mol. The van der Waals surface area contributed by atoms with Gasteiger partial charge in [0.15, 0.2) is 5.82 Å². The van der Waals surface area contributed by atoms with Gasteiger partial charge in [-0.25, -0.2) is 9.48 Å². The third-order valence-corrected chi connectivity index (χ3v) is 9.77. The number of fused-ring (bicyclic) bond motifs is 3. The van der Waals surface area contributed by atoms with Crippen LogP contribution in [0.4, 0.5) is 24.7 Å². The van der Waals surface area contributed by atoms with E-state index in [1.165, 1.54) is 21.6 Å². The number of halogens is 4. The zero-order valence-electron chi connectivity index (χ0n) is 25.7. The number of hydrogen-bond acceptors (Lipinski definition) is 6. The molecule has 246 valence electrons. The molecule has 0 aliphatic carbocycles. The first-order chi connectivity index (χ1) is 22.9. The van der Waals surface area contributed by atoms with Crippen LogP contribution in [0.25, 0.3) is 11.4 Å². The lowest BCUT2D eigenvalue weighted by atomic mass is 9.84. The Balaban J connectivity index is 1.27. The van der Waals surface area contributed by atoms with Crippen LogP contribution >= 0.6 is 15.9 Å². The van der Waals surface area contributed by atoms with E-state index in [1.54, 1.807) is 54.0 Å². The van der Waals surface area contributed by atoms with Gasteiger partial charge in [0.25, 0.3) is 5.91 Å². The molecule has 0 N–H and O–H groups in total. The smallest absolute Gasteiger partial charge is 0.334 e. The Morgan fingerprint density at radius 1 is 1.04 bits per heavy atom. The van der Waals surface area contributed by atoms with Gasteiger partial charge >= 0.3 is 11.9 Å². The number of piperidine rings is 1. The van der Waals surface area contributed by atoms with Crippen LogP contribution in [0, 0.1) is 5.92 Å². The monoisotopic (exact) mass is 720 g/mol. The summed E-state index contributed by atoms with van der Waals surface area (Å²) in [6, 6.07) is 19.2. The summed E-state index contributed by atoms with van der Waals surface area (Å²) >= 11 is 2.94. The highest BCUT2D eigenvalue weighted by atomic mass is 79.9. The Labute approximate surface area is 280 Å². The van der Waals surface area contributed by atoms with Gasteiger partial charge in [-0.1, -0.05) is 51.4 Å². The molecule has 48 heavy (non-hydrogen) atoms. The van der Waals surface area contributed by atoms with Gasteiger partial charge in [-0.2, -0.15) is 18.3 Å². The maximum absolute atomic E-state index is 14.5. The fourth-order valence-corrected chi connectivity index (χ4v) is 7.11. The Morgan fingerprint density at radius 2 is 1.77 bits per heavy atom. The number of nitrogens with zero attached hydrogens (tertiary/aromatic N) is 6. The van der Waals surface area contributed by atoms with E-state index in [-0.39, 0.29) is 28.9 Å². The molecule has 2 aliphatic rings. The normalized spacial score (nSPS) is 19.3. The summed E-state index contributed by atoms with van der Waals surface area (Å²) in [5.74, 6) is -0.994. The summed E-state index contributed by atoms with van der Waals surface area (Å²) in [7, 11) is 1.55. The number of benzene rings is 3. The van der Waals surface area contributed by atoms with Gasteiger partial charge in [0.1, 0.15) is 5.82 Å². The molecule has 5 aromatic rings. The molecule has 3 aromatic carbocycles. The second-order valence-corrected chi connectivity index (χ2v) is 12.9. The Bertz CT molecular complexity index is 2090. The second kappa shape index (κ2) is 11.9. The molecular formula is C34H28BrF3N6O4. The van der Waals surface area contributed by atoms with E-state index < -0.39 is 41.4 Å². The molecule has 0 bridgehead atoms. The van der Waals surface area contributed by atoms with Crippen molar-refractivity contribution < 1.29 is 27.3 Å². The minimum atomic E-state index is -4.64. The first-order valence-corrected chi connectivity index (χ1v) is 16.0. The summed E-state index contributed by atoms with van der Waals surface area (Å²) in [6.45, 7) is 1.88. The molecule has 4 heterocycles. The van der Waals surface area contributed by atoms with E-state index in [0.717, 1.165) is 17.2 Å². The number of aromatic nitrogens is 4. The maximum atomic E-state index is 14.5. The summed E-state index contributed by atoms with van der Waals surface area (Å²) in [5, 5.41) is 8.59. The van der Waals surface area contributed by atoms with Crippen LogP contribution in [0.3, 0.4) is 0 Å². The van der Waals surface area contributed by atoms with E-state index in [1.807, 2.05) is 30.3 Å². The predicted octanol–water partition coefficient (Wildman–Crippen LogP) is 6.38. The molecule has 14 heteroatoms. The number of rotatable bonds is 5. The van der Waals surface area contributed by atoms with Crippen LogP contribution in [-0.4, -0.2) is 48.8 Å². The third kappa shape index (κ3) is 5.43. The van der Waals surface area contributed by atoms with Gasteiger partial charge in [0, 0.05) is 47.2 Å². The maximum Gasteiger partial charge on any atom is 0.441 e. The molecule has 1 saturated heterocycles. The van der Waals surface area contributed by atoms with Crippen molar-refractivity contribution in [2.75, 3.05) is 11.4 Å². The van der Waals surface area contributed by atoms with Gasteiger partial charge < -0.3 is 4.90 Å². The van der Waals surface area contributed by atoms with Crippen molar-refractivity contribution in [3.05, 3.63) is 116 Å². The van der Waals surface area contributed by atoms with Crippen LogP contribution in [0.5, 0.6) is 0 Å². The van der Waals surface area contributed by atoms with Crippen molar-refractivity contribution in [1.29, 1.82) is 0 Å². The first kappa shape index (κ1) is 31.6. The highest BCUT2D eigenvalue weighted by Crippen LogP contribution is 2.45. The SMILES string of the molecule is C[C@@H]1CC2C(=O)N(c3ccc(-c4noc(=O)n4C)cc3)c3c(Cc4ccccc4)cnn3C2CN1C(=O)c1ccc(Br)c(C(F)(F)F)c1. The summed E-state index contributed by atoms with van der Waals surface area (Å²) in [6.07, 6.45) is -2.16. The Kier molecular flexibility index (Phi) is 7.85. The zero-order valence-corrected chi connectivity index (χ0v) is 27.3. The fourth-order valence-electron chi connectivity index (χ4n) is 6.64. The third-order valence-electron chi connectivity index (χ3n) is 9.08. The molecular weight excluding hydrogens is 693 g/mol. The number of likely N-dealkylation sites (tertiary alicyclic amines) is 1. The van der Waals surface area contributed by atoms with Gasteiger partial charge in [0.05, 0.1) is 29.4 Å². The lowest BCUT2D eigenvalue weighted by Crippen LogP contribution is -2.56. The average molecular weight is 722 g/mol. The lowest BCUT2D eigenvalue weighted by Gasteiger charge is -2.47. The number of anilines is 2. The second-order valence-electron chi connectivity index (χ2n) is 12.1. The molecule has 0 saturated carbocycles. The number of alkyl halides is 3. The molecule has 0 spiro atoms. The molecule has 7 rings (SSSR count). The molecule has 2 amide bonds. The number of hydrogen-bond donors (Lipinski definition) is 0. The van der Waals surface area contributed by atoms with Crippen LogP contribution in [0.1, 0.15) is 46.4 Å². The standard InChI is InChI=1S/C34H28BrF3N6O4/c1-19-14-25-28(18-42(19)31(45)22-10-13-27(35)26(16-22)34(36,37)38)44-30(23(17-39-44)15-20-6-4-3-5-7-20)43(32(25)46)24-11-8-21(9-12-24)29-40-48-33(47)41(29)2/h3-13,16-17,19,25,28H,14-15,18H2,1-2H3/t19-,25?,28?/m1/s1. The minimum Gasteiger partial charge on any atom is -0.334 e. The van der Waals surface area contributed by atoms with E-state index >= 15 is 0 Å².